The van der Waals surface area contributed by atoms with Gasteiger partial charge in [-0.3, -0.25) is 0 Å². The van der Waals surface area contributed by atoms with Gasteiger partial charge in [0.1, 0.15) is 9.86 Å². The standard InChI is InChI=1S/C12H15ClN2S2/c1-5-7-6-8-9(16-7)14-11(13)15-10(8)17-12(2,3)4/h6H,5H2,1-4H3. The second-order valence-electron chi connectivity index (χ2n) is 4.80. The molecule has 0 fully saturated rings. The number of aromatic nitrogens is 2. The topological polar surface area (TPSA) is 25.8 Å². The van der Waals surface area contributed by atoms with Crippen LogP contribution in [0, 0.1) is 0 Å². The average Bonchev–Trinajstić information content (AvgIpc) is 2.58. The minimum atomic E-state index is 0.124. The minimum Gasteiger partial charge on any atom is -0.211 e. The van der Waals surface area contributed by atoms with E-state index in [0.29, 0.717) is 5.28 Å². The van der Waals surface area contributed by atoms with Gasteiger partial charge in [0.2, 0.25) is 5.28 Å². The highest BCUT2D eigenvalue weighted by atomic mass is 35.5. The third kappa shape index (κ3) is 3.12. The minimum absolute atomic E-state index is 0.124. The molecule has 0 spiro atoms. The van der Waals surface area contributed by atoms with Gasteiger partial charge in [-0.05, 0) is 24.1 Å². The maximum absolute atomic E-state index is 5.98. The van der Waals surface area contributed by atoms with E-state index in [1.54, 1.807) is 23.1 Å². The Bertz CT molecular complexity index is 543. The van der Waals surface area contributed by atoms with Crippen molar-refractivity contribution in [1.82, 2.24) is 9.97 Å². The number of rotatable bonds is 2. The fourth-order valence-corrected chi connectivity index (χ4v) is 3.74. The zero-order valence-electron chi connectivity index (χ0n) is 10.4. The number of halogens is 1. The number of hydrogen-bond donors (Lipinski definition) is 0. The monoisotopic (exact) mass is 286 g/mol. The number of aryl methyl sites for hydroxylation is 1. The van der Waals surface area contributed by atoms with Gasteiger partial charge in [0.05, 0.1) is 0 Å². The number of hydrogen-bond acceptors (Lipinski definition) is 4. The van der Waals surface area contributed by atoms with Crippen LogP contribution in [-0.2, 0) is 6.42 Å². The number of thioether (sulfide) groups is 1. The van der Waals surface area contributed by atoms with E-state index in [0.717, 1.165) is 21.7 Å². The van der Waals surface area contributed by atoms with E-state index in [1.165, 1.54) is 4.88 Å². The van der Waals surface area contributed by atoms with E-state index < -0.39 is 0 Å². The molecule has 0 aromatic carbocycles. The molecule has 2 aromatic heterocycles. The van der Waals surface area contributed by atoms with Gasteiger partial charge in [-0.25, -0.2) is 9.97 Å². The van der Waals surface area contributed by atoms with Crippen molar-refractivity contribution >= 4 is 44.9 Å². The second-order valence-corrected chi connectivity index (χ2v) is 8.07. The molecule has 17 heavy (non-hydrogen) atoms. The van der Waals surface area contributed by atoms with Crippen molar-refractivity contribution in [3.63, 3.8) is 0 Å². The van der Waals surface area contributed by atoms with Crippen LogP contribution in [0.2, 0.25) is 5.28 Å². The molecule has 0 bridgehead atoms. The molecule has 92 valence electrons. The molecule has 0 radical (unpaired) electrons. The normalized spacial score (nSPS) is 12.3. The summed E-state index contributed by atoms with van der Waals surface area (Å²) >= 11 is 9.42. The van der Waals surface area contributed by atoms with Crippen LogP contribution in [0.15, 0.2) is 11.1 Å². The Morgan fingerprint density at radius 2 is 2.06 bits per heavy atom. The van der Waals surface area contributed by atoms with E-state index in [4.69, 9.17) is 11.6 Å². The third-order valence-corrected chi connectivity index (χ3v) is 4.59. The van der Waals surface area contributed by atoms with Crippen molar-refractivity contribution in [2.24, 2.45) is 0 Å². The molecule has 0 N–H and O–H groups in total. The molecule has 2 heterocycles. The number of thiophene rings is 1. The van der Waals surface area contributed by atoms with Gasteiger partial charge in [0, 0.05) is 15.0 Å². The molecule has 2 nitrogen and oxygen atoms in total. The van der Waals surface area contributed by atoms with Crippen molar-refractivity contribution in [1.29, 1.82) is 0 Å². The maximum Gasteiger partial charge on any atom is 0.224 e. The highest BCUT2D eigenvalue weighted by Gasteiger charge is 2.18. The Balaban J connectivity index is 2.56. The summed E-state index contributed by atoms with van der Waals surface area (Å²) in [5.74, 6) is 0. The first kappa shape index (κ1) is 13.1. The molecular formula is C12H15ClN2S2. The van der Waals surface area contributed by atoms with Gasteiger partial charge >= 0.3 is 0 Å². The zero-order chi connectivity index (χ0) is 12.6. The van der Waals surface area contributed by atoms with Gasteiger partial charge in [0.25, 0.3) is 0 Å². The smallest absolute Gasteiger partial charge is 0.211 e. The number of nitrogens with zero attached hydrogens (tertiary/aromatic N) is 2. The molecule has 0 unspecified atom stereocenters. The summed E-state index contributed by atoms with van der Waals surface area (Å²) < 4.78 is 0.124. The highest BCUT2D eigenvalue weighted by Crippen LogP contribution is 2.38. The maximum atomic E-state index is 5.98. The Kier molecular flexibility index (Phi) is 3.66. The van der Waals surface area contributed by atoms with E-state index in [9.17, 15) is 0 Å². The van der Waals surface area contributed by atoms with Crippen LogP contribution in [0.1, 0.15) is 32.6 Å². The highest BCUT2D eigenvalue weighted by molar-refractivity contribution is 8.00. The molecular weight excluding hydrogens is 272 g/mol. The van der Waals surface area contributed by atoms with E-state index in [2.05, 4.69) is 43.7 Å². The average molecular weight is 287 g/mol. The van der Waals surface area contributed by atoms with Gasteiger partial charge in [-0.15, -0.1) is 11.3 Å². The quantitative estimate of drug-likeness (QED) is 0.451. The lowest BCUT2D eigenvalue weighted by Crippen LogP contribution is -2.07. The van der Waals surface area contributed by atoms with E-state index >= 15 is 0 Å². The zero-order valence-corrected chi connectivity index (χ0v) is 12.8. The first-order valence-electron chi connectivity index (χ1n) is 5.54. The van der Waals surface area contributed by atoms with Crippen LogP contribution in [0.25, 0.3) is 10.2 Å². The molecule has 2 aromatic rings. The Morgan fingerprint density at radius 1 is 1.35 bits per heavy atom. The first-order chi connectivity index (χ1) is 7.89. The van der Waals surface area contributed by atoms with Crippen LogP contribution >= 0.6 is 34.7 Å². The van der Waals surface area contributed by atoms with Gasteiger partial charge in [0.15, 0.2) is 0 Å². The molecule has 0 atom stereocenters. The second kappa shape index (κ2) is 4.75. The predicted octanol–water partition coefficient (Wildman–Crippen LogP) is 4.80. The first-order valence-corrected chi connectivity index (χ1v) is 7.55. The van der Waals surface area contributed by atoms with Crippen LogP contribution in [0.4, 0.5) is 0 Å². The fraction of sp³-hybridized carbons (Fsp3) is 0.500. The lowest BCUT2D eigenvalue weighted by atomic mass is 10.3. The van der Waals surface area contributed by atoms with E-state index in [-0.39, 0.29) is 4.75 Å². The van der Waals surface area contributed by atoms with E-state index in [1.807, 2.05) is 0 Å². The SMILES string of the molecule is CCc1cc2c(SC(C)(C)C)nc(Cl)nc2s1. The molecule has 0 saturated carbocycles. The molecule has 0 aliphatic heterocycles. The van der Waals surface area contributed by atoms with Crippen molar-refractivity contribution < 1.29 is 0 Å². The fourth-order valence-electron chi connectivity index (χ4n) is 1.46. The predicted molar refractivity (Wildman–Crippen MR) is 77.4 cm³/mol. The summed E-state index contributed by atoms with van der Waals surface area (Å²) in [6.07, 6.45) is 1.03. The summed E-state index contributed by atoms with van der Waals surface area (Å²) in [6.45, 7) is 8.67. The molecule has 2 rings (SSSR count). The number of fused-ring (bicyclic) bond motifs is 1. The Labute approximate surface area is 115 Å². The van der Waals surface area contributed by atoms with Crippen LogP contribution in [0.3, 0.4) is 0 Å². The summed E-state index contributed by atoms with van der Waals surface area (Å²) in [5, 5.41) is 2.47. The van der Waals surface area contributed by atoms with Crippen LogP contribution in [0.5, 0.6) is 0 Å². The van der Waals surface area contributed by atoms with Gasteiger partial charge in [-0.1, -0.05) is 39.5 Å². The lowest BCUT2D eigenvalue weighted by molar-refractivity contribution is 0.800. The van der Waals surface area contributed by atoms with Gasteiger partial charge in [-0.2, -0.15) is 0 Å². The molecule has 0 saturated heterocycles. The van der Waals surface area contributed by atoms with Crippen molar-refractivity contribution in [2.75, 3.05) is 0 Å². The lowest BCUT2D eigenvalue weighted by Gasteiger charge is -2.17. The third-order valence-electron chi connectivity index (χ3n) is 2.13. The van der Waals surface area contributed by atoms with Crippen molar-refractivity contribution in [2.45, 2.75) is 43.9 Å². The summed E-state index contributed by atoms with van der Waals surface area (Å²) in [4.78, 5) is 11.0. The summed E-state index contributed by atoms with van der Waals surface area (Å²) in [6, 6.07) is 2.18. The summed E-state index contributed by atoms with van der Waals surface area (Å²) in [5.41, 5.74) is 0. The van der Waals surface area contributed by atoms with Crippen LogP contribution in [-0.4, -0.2) is 14.7 Å². The van der Waals surface area contributed by atoms with Crippen molar-refractivity contribution in [3.8, 4) is 0 Å². The van der Waals surface area contributed by atoms with Crippen molar-refractivity contribution in [3.05, 3.63) is 16.2 Å². The summed E-state index contributed by atoms with van der Waals surface area (Å²) in [7, 11) is 0. The molecule has 5 heteroatoms. The molecule has 0 amide bonds. The molecule has 0 aliphatic rings. The van der Waals surface area contributed by atoms with Gasteiger partial charge < -0.3 is 0 Å². The Morgan fingerprint density at radius 3 is 2.65 bits per heavy atom. The molecule has 0 aliphatic carbocycles. The van der Waals surface area contributed by atoms with Crippen LogP contribution < -0.4 is 0 Å². The largest absolute Gasteiger partial charge is 0.224 e. The Hall–Kier alpha value is -0.320.